The number of allylic oxidation sites excluding steroid dienone is 1. The molecule has 0 bridgehead atoms. The first-order chi connectivity index (χ1) is 7.83. The number of ether oxygens (including phenoxy) is 1. The van der Waals surface area contributed by atoms with Crippen molar-refractivity contribution in [2.24, 2.45) is 0 Å². The van der Waals surface area contributed by atoms with Crippen LogP contribution in [0.4, 0.5) is 0 Å². The normalized spacial score (nSPS) is 20.1. The van der Waals surface area contributed by atoms with Crippen molar-refractivity contribution in [2.45, 2.75) is 25.2 Å². The predicted octanol–water partition coefficient (Wildman–Crippen LogP) is 3.05. The molecule has 0 fully saturated rings. The summed E-state index contributed by atoms with van der Waals surface area (Å²) in [5, 5.41) is 0. The second kappa shape index (κ2) is 4.97. The Hall–Kier alpha value is -1.57. The molecule has 1 aromatic rings. The molecular formula is C14H16O2. The van der Waals surface area contributed by atoms with Crippen LogP contribution in [-0.4, -0.2) is 13.1 Å². The fourth-order valence-electron chi connectivity index (χ4n) is 2.25. The summed E-state index contributed by atoms with van der Waals surface area (Å²) in [7, 11) is 1.44. The molecule has 0 saturated heterocycles. The molecular weight excluding hydrogens is 200 g/mol. The first-order valence-corrected chi connectivity index (χ1v) is 5.66. The average Bonchev–Trinajstić information content (AvgIpc) is 2.39. The molecule has 2 heteroatoms. The summed E-state index contributed by atoms with van der Waals surface area (Å²) in [4.78, 5) is 11.7. The van der Waals surface area contributed by atoms with Crippen molar-refractivity contribution in [1.82, 2.24) is 0 Å². The second-order valence-electron chi connectivity index (χ2n) is 4.05. The van der Waals surface area contributed by atoms with Crippen molar-refractivity contribution in [2.75, 3.05) is 7.11 Å². The van der Waals surface area contributed by atoms with Gasteiger partial charge < -0.3 is 4.74 Å². The Bertz CT molecular complexity index is 392. The summed E-state index contributed by atoms with van der Waals surface area (Å²) < 4.78 is 4.83. The highest BCUT2D eigenvalue weighted by Gasteiger charge is 2.25. The molecule has 0 aromatic heterocycles. The number of carbonyl (C=O) groups is 1. The van der Waals surface area contributed by atoms with Crippen molar-refractivity contribution < 1.29 is 9.53 Å². The van der Waals surface area contributed by atoms with E-state index in [-0.39, 0.29) is 11.9 Å². The number of carbonyl (C=O) groups excluding carboxylic acids is 1. The third-order valence-corrected chi connectivity index (χ3v) is 3.06. The number of methoxy groups -OCH3 is 1. The zero-order valence-corrected chi connectivity index (χ0v) is 9.48. The fourth-order valence-corrected chi connectivity index (χ4v) is 2.25. The molecule has 2 nitrogen and oxygen atoms in total. The Morgan fingerprint density at radius 1 is 1.31 bits per heavy atom. The number of esters is 1. The van der Waals surface area contributed by atoms with Gasteiger partial charge in [0, 0.05) is 11.5 Å². The highest BCUT2D eigenvalue weighted by atomic mass is 16.5. The van der Waals surface area contributed by atoms with E-state index in [0.29, 0.717) is 0 Å². The Morgan fingerprint density at radius 2 is 2.06 bits per heavy atom. The Balaban J connectivity index is 2.29. The van der Waals surface area contributed by atoms with Gasteiger partial charge in [-0.2, -0.15) is 0 Å². The molecule has 1 atom stereocenters. The highest BCUT2D eigenvalue weighted by Crippen LogP contribution is 2.34. The van der Waals surface area contributed by atoms with Crippen LogP contribution in [0.3, 0.4) is 0 Å². The summed E-state index contributed by atoms with van der Waals surface area (Å²) in [5.74, 6) is 0.0240. The fraction of sp³-hybridized carbons (Fsp3) is 0.357. The molecule has 1 aromatic carbocycles. The smallest absolute Gasteiger partial charge is 0.334 e. The van der Waals surface area contributed by atoms with Gasteiger partial charge in [0.15, 0.2) is 0 Å². The molecule has 0 N–H and O–H groups in total. The number of hydrogen-bond donors (Lipinski definition) is 0. The van der Waals surface area contributed by atoms with E-state index in [0.717, 1.165) is 24.8 Å². The van der Waals surface area contributed by atoms with Crippen LogP contribution in [-0.2, 0) is 9.53 Å². The molecule has 0 amide bonds. The van der Waals surface area contributed by atoms with Crippen LogP contribution in [0.25, 0.3) is 0 Å². The van der Waals surface area contributed by atoms with E-state index in [1.807, 2.05) is 24.3 Å². The zero-order valence-electron chi connectivity index (χ0n) is 9.48. The zero-order chi connectivity index (χ0) is 11.4. The molecule has 0 heterocycles. The van der Waals surface area contributed by atoms with Crippen LogP contribution >= 0.6 is 0 Å². The molecule has 1 aliphatic carbocycles. The maximum absolute atomic E-state index is 11.7. The van der Waals surface area contributed by atoms with E-state index in [9.17, 15) is 4.79 Å². The molecule has 0 aliphatic heterocycles. The van der Waals surface area contributed by atoms with E-state index < -0.39 is 0 Å². The Kier molecular flexibility index (Phi) is 3.40. The third-order valence-electron chi connectivity index (χ3n) is 3.06. The maximum atomic E-state index is 11.7. The van der Waals surface area contributed by atoms with E-state index >= 15 is 0 Å². The number of hydrogen-bond acceptors (Lipinski definition) is 2. The van der Waals surface area contributed by atoms with Gasteiger partial charge >= 0.3 is 5.97 Å². The summed E-state index contributed by atoms with van der Waals surface area (Å²) in [6.45, 7) is 0. The molecule has 16 heavy (non-hydrogen) atoms. The molecule has 0 radical (unpaired) electrons. The van der Waals surface area contributed by atoms with Crippen molar-refractivity contribution >= 4 is 5.97 Å². The van der Waals surface area contributed by atoms with Gasteiger partial charge in [0.1, 0.15) is 0 Å². The van der Waals surface area contributed by atoms with Crippen LogP contribution in [0.2, 0.25) is 0 Å². The van der Waals surface area contributed by atoms with Crippen LogP contribution in [0.5, 0.6) is 0 Å². The lowest BCUT2D eigenvalue weighted by Crippen LogP contribution is -2.16. The lowest BCUT2D eigenvalue weighted by molar-refractivity contribution is -0.136. The van der Waals surface area contributed by atoms with Crippen LogP contribution in [0.1, 0.15) is 30.7 Å². The topological polar surface area (TPSA) is 26.3 Å². The lowest BCUT2D eigenvalue weighted by Gasteiger charge is -2.22. The standard InChI is InChI=1S/C14H16O2/c1-16-14(15)13-10-6-5-9-12(13)11-7-3-2-4-8-11/h2-4,7-8,10,12H,5-6,9H2,1H3/t12-/m1/s1. The van der Waals surface area contributed by atoms with Gasteiger partial charge in [0.2, 0.25) is 0 Å². The SMILES string of the molecule is COC(=O)C1=CCCC[C@@H]1c1ccccc1. The summed E-state index contributed by atoms with van der Waals surface area (Å²) in [5.41, 5.74) is 2.03. The lowest BCUT2D eigenvalue weighted by atomic mass is 9.82. The molecule has 0 spiro atoms. The van der Waals surface area contributed by atoms with Gasteiger partial charge in [-0.25, -0.2) is 4.79 Å². The van der Waals surface area contributed by atoms with Crippen LogP contribution < -0.4 is 0 Å². The molecule has 0 unspecified atom stereocenters. The average molecular weight is 216 g/mol. The molecule has 1 aliphatic rings. The monoisotopic (exact) mass is 216 g/mol. The third kappa shape index (κ3) is 2.16. The van der Waals surface area contributed by atoms with Crippen molar-refractivity contribution in [3.8, 4) is 0 Å². The van der Waals surface area contributed by atoms with Gasteiger partial charge in [-0.1, -0.05) is 36.4 Å². The van der Waals surface area contributed by atoms with Gasteiger partial charge in [0.25, 0.3) is 0 Å². The van der Waals surface area contributed by atoms with Crippen LogP contribution in [0.15, 0.2) is 42.0 Å². The first-order valence-electron chi connectivity index (χ1n) is 5.66. The maximum Gasteiger partial charge on any atom is 0.334 e. The van der Waals surface area contributed by atoms with Crippen molar-refractivity contribution in [3.63, 3.8) is 0 Å². The largest absolute Gasteiger partial charge is 0.466 e. The van der Waals surface area contributed by atoms with E-state index in [4.69, 9.17) is 4.74 Å². The van der Waals surface area contributed by atoms with Crippen molar-refractivity contribution in [3.05, 3.63) is 47.5 Å². The van der Waals surface area contributed by atoms with Gasteiger partial charge in [-0.15, -0.1) is 0 Å². The molecule has 84 valence electrons. The quantitative estimate of drug-likeness (QED) is 0.710. The second-order valence-corrected chi connectivity index (χ2v) is 4.05. The van der Waals surface area contributed by atoms with E-state index in [1.54, 1.807) is 0 Å². The molecule has 2 rings (SSSR count). The van der Waals surface area contributed by atoms with Gasteiger partial charge in [-0.3, -0.25) is 0 Å². The summed E-state index contributed by atoms with van der Waals surface area (Å²) >= 11 is 0. The molecule has 0 saturated carbocycles. The van der Waals surface area contributed by atoms with E-state index in [2.05, 4.69) is 12.1 Å². The van der Waals surface area contributed by atoms with E-state index in [1.165, 1.54) is 12.7 Å². The number of rotatable bonds is 2. The minimum atomic E-state index is -0.187. The predicted molar refractivity (Wildman–Crippen MR) is 63.1 cm³/mol. The van der Waals surface area contributed by atoms with Crippen molar-refractivity contribution in [1.29, 1.82) is 0 Å². The summed E-state index contributed by atoms with van der Waals surface area (Å²) in [6, 6.07) is 10.2. The van der Waals surface area contributed by atoms with Gasteiger partial charge in [0.05, 0.1) is 7.11 Å². The van der Waals surface area contributed by atoms with Gasteiger partial charge in [-0.05, 0) is 24.8 Å². The Morgan fingerprint density at radius 3 is 2.75 bits per heavy atom. The minimum absolute atomic E-state index is 0.187. The summed E-state index contributed by atoms with van der Waals surface area (Å²) in [6.07, 6.45) is 5.17. The highest BCUT2D eigenvalue weighted by molar-refractivity contribution is 5.90. The first kappa shape index (κ1) is 10.9. The Labute approximate surface area is 95.9 Å². The van der Waals surface area contributed by atoms with Crippen LogP contribution in [0, 0.1) is 0 Å². The number of benzene rings is 1. The minimum Gasteiger partial charge on any atom is -0.466 e.